The summed E-state index contributed by atoms with van der Waals surface area (Å²) in [6, 6.07) is 9.39. The normalized spacial score (nSPS) is 14.8. The Morgan fingerprint density at radius 2 is 1.92 bits per heavy atom. The number of ether oxygens (including phenoxy) is 2. The van der Waals surface area contributed by atoms with Gasteiger partial charge in [-0.25, -0.2) is 4.98 Å². The van der Waals surface area contributed by atoms with E-state index < -0.39 is 0 Å². The van der Waals surface area contributed by atoms with Crippen molar-refractivity contribution >= 4 is 51.7 Å². The summed E-state index contributed by atoms with van der Waals surface area (Å²) in [7, 11) is 3.18. The maximum absolute atomic E-state index is 13.5. The molecule has 1 N–H and O–H groups in total. The number of anilines is 1. The molecule has 4 rings (SSSR count). The highest BCUT2D eigenvalue weighted by molar-refractivity contribution is 8.26. The van der Waals surface area contributed by atoms with Crippen molar-refractivity contribution in [1.82, 2.24) is 14.3 Å². The second kappa shape index (κ2) is 11.4. The lowest BCUT2D eigenvalue weighted by Gasteiger charge is -2.15. The van der Waals surface area contributed by atoms with Crippen LogP contribution < -0.4 is 20.3 Å². The molecule has 3 aromatic rings. The first-order valence-electron chi connectivity index (χ1n) is 12.0. The molecular formula is C27H30N4O4S2. The van der Waals surface area contributed by atoms with Gasteiger partial charge in [0.25, 0.3) is 11.5 Å². The summed E-state index contributed by atoms with van der Waals surface area (Å²) in [5, 5.41) is 3.29. The van der Waals surface area contributed by atoms with Gasteiger partial charge in [0.2, 0.25) is 0 Å². The third-order valence-corrected chi connectivity index (χ3v) is 7.36. The molecule has 0 unspecified atom stereocenters. The minimum atomic E-state index is -0.240. The van der Waals surface area contributed by atoms with Crippen molar-refractivity contribution in [3.05, 3.63) is 68.5 Å². The van der Waals surface area contributed by atoms with E-state index in [0.717, 1.165) is 11.1 Å². The number of thioether (sulfide) groups is 1. The van der Waals surface area contributed by atoms with Gasteiger partial charge in [-0.3, -0.25) is 18.9 Å². The molecule has 0 saturated carbocycles. The van der Waals surface area contributed by atoms with E-state index in [4.69, 9.17) is 26.7 Å². The predicted molar refractivity (Wildman–Crippen MR) is 153 cm³/mol. The molecule has 1 aliphatic heterocycles. The van der Waals surface area contributed by atoms with Crippen LogP contribution in [0.3, 0.4) is 0 Å². The minimum absolute atomic E-state index is 0.223. The first kappa shape index (κ1) is 26.7. The summed E-state index contributed by atoms with van der Waals surface area (Å²) in [5.41, 5.74) is 2.56. The zero-order valence-corrected chi connectivity index (χ0v) is 23.2. The van der Waals surface area contributed by atoms with Crippen LogP contribution in [-0.4, -0.2) is 51.8 Å². The number of nitrogens with zero attached hydrogens (tertiary/aromatic N) is 3. The molecule has 37 heavy (non-hydrogen) atoms. The second-order valence-corrected chi connectivity index (χ2v) is 10.8. The Hall–Kier alpha value is -3.37. The molecule has 0 aliphatic carbocycles. The maximum atomic E-state index is 13.5. The number of amides is 1. The van der Waals surface area contributed by atoms with Crippen LogP contribution in [0.2, 0.25) is 0 Å². The van der Waals surface area contributed by atoms with E-state index in [-0.39, 0.29) is 11.5 Å². The Balaban J connectivity index is 1.63. The van der Waals surface area contributed by atoms with E-state index in [0.29, 0.717) is 63.2 Å². The number of pyridine rings is 1. The lowest BCUT2D eigenvalue weighted by Crippen LogP contribution is -2.30. The molecule has 194 valence electrons. The van der Waals surface area contributed by atoms with Gasteiger partial charge in [0, 0.05) is 19.3 Å². The smallest absolute Gasteiger partial charge is 0.267 e. The molecule has 0 atom stereocenters. The van der Waals surface area contributed by atoms with Crippen LogP contribution in [-0.2, 0) is 11.2 Å². The summed E-state index contributed by atoms with van der Waals surface area (Å²) in [4.78, 5) is 33.5. The predicted octanol–water partition coefficient (Wildman–Crippen LogP) is 4.53. The molecule has 1 fully saturated rings. The van der Waals surface area contributed by atoms with Crippen molar-refractivity contribution < 1.29 is 14.3 Å². The van der Waals surface area contributed by atoms with Gasteiger partial charge in [0.1, 0.15) is 15.8 Å². The summed E-state index contributed by atoms with van der Waals surface area (Å²) in [5.74, 6) is 1.86. The molecule has 1 amide bonds. The topological polar surface area (TPSA) is 85.2 Å². The molecule has 8 nitrogen and oxygen atoms in total. The molecule has 2 aromatic heterocycles. The van der Waals surface area contributed by atoms with Gasteiger partial charge in [0.15, 0.2) is 11.5 Å². The van der Waals surface area contributed by atoms with E-state index in [1.54, 1.807) is 31.4 Å². The minimum Gasteiger partial charge on any atom is -0.493 e. The van der Waals surface area contributed by atoms with E-state index >= 15 is 0 Å². The fourth-order valence-electron chi connectivity index (χ4n) is 3.98. The van der Waals surface area contributed by atoms with Gasteiger partial charge in [-0.1, -0.05) is 50.0 Å². The summed E-state index contributed by atoms with van der Waals surface area (Å²) in [6.07, 6.45) is 3.89. The highest BCUT2D eigenvalue weighted by atomic mass is 32.2. The van der Waals surface area contributed by atoms with Crippen LogP contribution in [0.25, 0.3) is 11.7 Å². The molecular weight excluding hydrogens is 508 g/mol. The largest absolute Gasteiger partial charge is 0.493 e. The van der Waals surface area contributed by atoms with Gasteiger partial charge in [-0.15, -0.1) is 0 Å². The van der Waals surface area contributed by atoms with Crippen molar-refractivity contribution in [2.75, 3.05) is 32.6 Å². The average molecular weight is 539 g/mol. The summed E-state index contributed by atoms with van der Waals surface area (Å²) in [6.45, 7) is 7.12. The number of hydrogen-bond donors (Lipinski definition) is 1. The van der Waals surface area contributed by atoms with Gasteiger partial charge in [-0.05, 0) is 54.7 Å². The van der Waals surface area contributed by atoms with Crippen molar-refractivity contribution in [3.63, 3.8) is 0 Å². The van der Waals surface area contributed by atoms with Crippen LogP contribution in [0.4, 0.5) is 5.82 Å². The Kier molecular flexibility index (Phi) is 8.19. The van der Waals surface area contributed by atoms with Gasteiger partial charge < -0.3 is 14.8 Å². The molecule has 1 aromatic carbocycles. The molecule has 10 heteroatoms. The van der Waals surface area contributed by atoms with Crippen molar-refractivity contribution in [2.24, 2.45) is 5.92 Å². The lowest BCUT2D eigenvalue weighted by atomic mass is 10.1. The summed E-state index contributed by atoms with van der Waals surface area (Å²) < 4.78 is 12.6. The van der Waals surface area contributed by atoms with E-state index in [9.17, 15) is 9.59 Å². The first-order chi connectivity index (χ1) is 17.7. The van der Waals surface area contributed by atoms with Gasteiger partial charge in [0.05, 0.1) is 24.7 Å². The number of fused-ring (bicyclic) bond motifs is 1. The Bertz CT molecular complexity index is 1450. The van der Waals surface area contributed by atoms with E-state index in [1.807, 2.05) is 37.3 Å². The monoisotopic (exact) mass is 538 g/mol. The molecule has 1 aliphatic rings. The number of nitrogens with one attached hydrogen (secondary N) is 1. The van der Waals surface area contributed by atoms with E-state index in [1.165, 1.54) is 16.2 Å². The number of methoxy groups -OCH3 is 2. The fraction of sp³-hybridized carbons (Fsp3) is 0.333. The fourth-order valence-corrected chi connectivity index (χ4v) is 5.27. The van der Waals surface area contributed by atoms with Gasteiger partial charge in [-0.2, -0.15) is 0 Å². The Labute approximate surface area is 225 Å². The van der Waals surface area contributed by atoms with Crippen molar-refractivity contribution in [3.8, 4) is 11.5 Å². The number of benzene rings is 1. The van der Waals surface area contributed by atoms with Crippen LogP contribution in [0, 0.1) is 12.8 Å². The van der Waals surface area contributed by atoms with E-state index in [2.05, 4.69) is 19.2 Å². The molecule has 0 spiro atoms. The number of carbonyl (C=O) groups excluding carboxylic acids is 1. The molecule has 3 heterocycles. The standard InChI is InChI=1S/C27H30N4O4S2/c1-16(2)15-28-23-19(25(32)30-11-6-7-17(3)24(30)29-23)14-22-26(33)31(27(36)37-22)12-10-18-8-9-20(34-4)21(13-18)35-5/h6-9,11,13-14,16,28H,10,12,15H2,1-5H3. The maximum Gasteiger partial charge on any atom is 0.267 e. The van der Waals surface area contributed by atoms with Crippen LogP contribution in [0.15, 0.2) is 46.2 Å². The Morgan fingerprint density at radius 1 is 1.16 bits per heavy atom. The SMILES string of the molecule is COc1ccc(CCN2C(=O)C(=Cc3c(NCC(C)C)nc4c(C)cccn4c3=O)SC2=S)cc1OC. The zero-order chi connectivity index (χ0) is 26.7. The molecule has 0 radical (unpaired) electrons. The number of rotatable bonds is 9. The number of carbonyl (C=O) groups is 1. The van der Waals surface area contributed by atoms with Crippen LogP contribution in [0.5, 0.6) is 11.5 Å². The third-order valence-electron chi connectivity index (χ3n) is 5.98. The van der Waals surface area contributed by atoms with Crippen molar-refractivity contribution in [2.45, 2.75) is 27.2 Å². The second-order valence-electron chi connectivity index (χ2n) is 9.11. The first-order valence-corrected chi connectivity index (χ1v) is 13.2. The third kappa shape index (κ3) is 5.65. The van der Waals surface area contributed by atoms with Crippen LogP contribution >= 0.6 is 24.0 Å². The molecule has 1 saturated heterocycles. The number of aryl methyl sites for hydroxylation is 1. The number of aromatic nitrogens is 2. The lowest BCUT2D eigenvalue weighted by molar-refractivity contribution is -0.122. The van der Waals surface area contributed by atoms with Crippen molar-refractivity contribution in [1.29, 1.82) is 0 Å². The quantitative estimate of drug-likeness (QED) is 0.314. The highest BCUT2D eigenvalue weighted by Crippen LogP contribution is 2.34. The van der Waals surface area contributed by atoms with Gasteiger partial charge >= 0.3 is 0 Å². The molecule has 0 bridgehead atoms. The highest BCUT2D eigenvalue weighted by Gasteiger charge is 2.32. The summed E-state index contributed by atoms with van der Waals surface area (Å²) >= 11 is 6.72. The Morgan fingerprint density at radius 3 is 2.62 bits per heavy atom. The average Bonchev–Trinajstić information content (AvgIpc) is 3.15. The van der Waals surface area contributed by atoms with Crippen LogP contribution in [0.1, 0.15) is 30.5 Å². The number of thiocarbonyl (C=S) groups is 1. The zero-order valence-electron chi connectivity index (χ0n) is 21.5. The number of hydrogen-bond acceptors (Lipinski definition) is 8.